The summed E-state index contributed by atoms with van der Waals surface area (Å²) in [5.74, 6) is -0.284. The van der Waals surface area contributed by atoms with Gasteiger partial charge in [0.05, 0.1) is 5.56 Å². The van der Waals surface area contributed by atoms with Crippen molar-refractivity contribution in [3.8, 4) is 0 Å². The second kappa shape index (κ2) is 5.65. The molecule has 1 aromatic carbocycles. The highest BCUT2D eigenvalue weighted by Gasteiger charge is 2.17. The molecule has 1 atom stereocenters. The van der Waals surface area contributed by atoms with Gasteiger partial charge in [0.25, 0.3) is 0 Å². The van der Waals surface area contributed by atoms with Crippen LogP contribution in [0.15, 0.2) is 22.7 Å². The number of aromatic carboxylic acids is 1. The van der Waals surface area contributed by atoms with Gasteiger partial charge in [-0.2, -0.15) is 0 Å². The summed E-state index contributed by atoms with van der Waals surface area (Å²) in [6, 6.07) is 5.52. The van der Waals surface area contributed by atoms with Crippen molar-refractivity contribution in [3.63, 3.8) is 0 Å². The van der Waals surface area contributed by atoms with Crippen LogP contribution in [-0.4, -0.2) is 24.2 Å². The lowest BCUT2D eigenvalue weighted by Crippen LogP contribution is -2.31. The second-order valence-electron chi connectivity index (χ2n) is 4.52. The SMILES string of the molecule is O=C(O)c1cc(Br)ccc1CC1CCCNC1. The van der Waals surface area contributed by atoms with Crippen molar-refractivity contribution >= 4 is 21.9 Å². The molecule has 0 aromatic heterocycles. The lowest BCUT2D eigenvalue weighted by Gasteiger charge is -2.23. The number of piperidine rings is 1. The van der Waals surface area contributed by atoms with Crippen molar-refractivity contribution in [1.82, 2.24) is 5.32 Å². The minimum atomic E-state index is -0.843. The van der Waals surface area contributed by atoms with E-state index in [1.807, 2.05) is 12.1 Å². The van der Waals surface area contributed by atoms with Gasteiger partial charge in [0.1, 0.15) is 0 Å². The first-order valence-electron chi connectivity index (χ1n) is 5.89. The summed E-state index contributed by atoms with van der Waals surface area (Å²) >= 11 is 3.31. The van der Waals surface area contributed by atoms with Gasteiger partial charge < -0.3 is 10.4 Å². The van der Waals surface area contributed by atoms with E-state index in [1.54, 1.807) is 6.07 Å². The van der Waals surface area contributed by atoms with Gasteiger partial charge in [-0.15, -0.1) is 0 Å². The molecule has 4 heteroatoms. The highest BCUT2D eigenvalue weighted by Crippen LogP contribution is 2.22. The summed E-state index contributed by atoms with van der Waals surface area (Å²) in [6.07, 6.45) is 3.22. The van der Waals surface area contributed by atoms with Crippen molar-refractivity contribution in [2.45, 2.75) is 19.3 Å². The number of rotatable bonds is 3. The van der Waals surface area contributed by atoms with Crippen molar-refractivity contribution < 1.29 is 9.90 Å². The van der Waals surface area contributed by atoms with Crippen LogP contribution in [0.3, 0.4) is 0 Å². The van der Waals surface area contributed by atoms with Crippen molar-refractivity contribution in [1.29, 1.82) is 0 Å². The standard InChI is InChI=1S/C13H16BrNO2/c14-11-4-3-10(12(7-11)13(16)17)6-9-2-1-5-15-8-9/h3-4,7,9,15H,1-2,5-6,8H2,(H,16,17). The molecule has 1 aliphatic rings. The molecule has 1 aliphatic heterocycles. The van der Waals surface area contributed by atoms with E-state index >= 15 is 0 Å². The van der Waals surface area contributed by atoms with Crippen LogP contribution in [0, 0.1) is 5.92 Å². The number of benzene rings is 1. The Morgan fingerprint density at radius 1 is 1.53 bits per heavy atom. The Bertz CT molecular complexity index is 414. The molecule has 92 valence electrons. The molecular formula is C13H16BrNO2. The number of hydrogen-bond acceptors (Lipinski definition) is 2. The Labute approximate surface area is 109 Å². The Balaban J connectivity index is 2.16. The minimum absolute atomic E-state index is 0.421. The van der Waals surface area contributed by atoms with Gasteiger partial charge in [0.15, 0.2) is 0 Å². The fourth-order valence-corrected chi connectivity index (χ4v) is 2.70. The molecule has 0 bridgehead atoms. The van der Waals surface area contributed by atoms with Gasteiger partial charge in [0, 0.05) is 4.47 Å². The van der Waals surface area contributed by atoms with E-state index in [-0.39, 0.29) is 0 Å². The molecule has 1 fully saturated rings. The molecule has 2 N–H and O–H groups in total. The Morgan fingerprint density at radius 3 is 3.00 bits per heavy atom. The summed E-state index contributed by atoms with van der Waals surface area (Å²) in [6.45, 7) is 2.08. The Morgan fingerprint density at radius 2 is 2.35 bits per heavy atom. The van der Waals surface area contributed by atoms with Gasteiger partial charge in [0.2, 0.25) is 0 Å². The minimum Gasteiger partial charge on any atom is -0.478 e. The van der Waals surface area contributed by atoms with Crippen LogP contribution in [0.25, 0.3) is 0 Å². The van der Waals surface area contributed by atoms with Crippen LogP contribution >= 0.6 is 15.9 Å². The van der Waals surface area contributed by atoms with E-state index in [0.717, 1.165) is 29.5 Å². The number of halogens is 1. The normalized spacial score (nSPS) is 20.2. The average molecular weight is 298 g/mol. The molecule has 0 aliphatic carbocycles. The van der Waals surface area contributed by atoms with E-state index in [0.29, 0.717) is 11.5 Å². The van der Waals surface area contributed by atoms with E-state index < -0.39 is 5.97 Å². The average Bonchev–Trinajstić information content (AvgIpc) is 2.32. The van der Waals surface area contributed by atoms with Crippen LogP contribution in [0.5, 0.6) is 0 Å². The van der Waals surface area contributed by atoms with Crippen LogP contribution in [0.1, 0.15) is 28.8 Å². The molecule has 3 nitrogen and oxygen atoms in total. The molecule has 1 heterocycles. The first kappa shape index (κ1) is 12.6. The molecule has 0 radical (unpaired) electrons. The maximum atomic E-state index is 11.2. The molecule has 0 spiro atoms. The summed E-state index contributed by atoms with van der Waals surface area (Å²) in [4.78, 5) is 11.2. The van der Waals surface area contributed by atoms with Gasteiger partial charge >= 0.3 is 5.97 Å². The third-order valence-corrected chi connectivity index (χ3v) is 3.70. The Hall–Kier alpha value is -0.870. The summed E-state index contributed by atoms with van der Waals surface area (Å²) in [5.41, 5.74) is 1.36. The molecule has 0 amide bonds. The fraction of sp³-hybridized carbons (Fsp3) is 0.462. The zero-order chi connectivity index (χ0) is 12.3. The lowest BCUT2D eigenvalue weighted by atomic mass is 9.90. The van der Waals surface area contributed by atoms with Crippen LogP contribution in [0.2, 0.25) is 0 Å². The van der Waals surface area contributed by atoms with E-state index in [1.165, 1.54) is 12.8 Å². The molecule has 1 unspecified atom stereocenters. The van der Waals surface area contributed by atoms with Gasteiger partial charge in [-0.1, -0.05) is 22.0 Å². The van der Waals surface area contributed by atoms with E-state index in [2.05, 4.69) is 21.2 Å². The smallest absolute Gasteiger partial charge is 0.336 e. The maximum Gasteiger partial charge on any atom is 0.336 e. The van der Waals surface area contributed by atoms with Crippen LogP contribution in [-0.2, 0) is 6.42 Å². The quantitative estimate of drug-likeness (QED) is 0.902. The Kier molecular flexibility index (Phi) is 4.18. The third kappa shape index (κ3) is 3.30. The summed E-state index contributed by atoms with van der Waals surface area (Å²) in [7, 11) is 0. The highest BCUT2D eigenvalue weighted by atomic mass is 79.9. The zero-order valence-corrected chi connectivity index (χ0v) is 11.2. The fourth-order valence-electron chi connectivity index (χ4n) is 2.33. The molecule has 0 saturated carbocycles. The summed E-state index contributed by atoms with van der Waals surface area (Å²) < 4.78 is 0.820. The zero-order valence-electron chi connectivity index (χ0n) is 9.58. The number of carbonyl (C=O) groups is 1. The number of hydrogen-bond donors (Lipinski definition) is 2. The second-order valence-corrected chi connectivity index (χ2v) is 5.44. The molecule has 17 heavy (non-hydrogen) atoms. The predicted molar refractivity (Wildman–Crippen MR) is 70.4 cm³/mol. The predicted octanol–water partition coefficient (Wildman–Crippen LogP) is 2.69. The van der Waals surface area contributed by atoms with Gasteiger partial charge in [-0.05, 0) is 56.0 Å². The maximum absolute atomic E-state index is 11.2. The van der Waals surface area contributed by atoms with Crippen molar-refractivity contribution in [2.75, 3.05) is 13.1 Å². The van der Waals surface area contributed by atoms with E-state index in [4.69, 9.17) is 0 Å². The molecular weight excluding hydrogens is 282 g/mol. The molecule has 2 rings (SSSR count). The summed E-state index contributed by atoms with van der Waals surface area (Å²) in [5, 5.41) is 12.5. The number of nitrogens with one attached hydrogen (secondary N) is 1. The van der Waals surface area contributed by atoms with Crippen molar-refractivity contribution in [2.24, 2.45) is 5.92 Å². The first-order valence-corrected chi connectivity index (χ1v) is 6.68. The highest BCUT2D eigenvalue weighted by molar-refractivity contribution is 9.10. The van der Waals surface area contributed by atoms with Crippen LogP contribution in [0.4, 0.5) is 0 Å². The van der Waals surface area contributed by atoms with Crippen LogP contribution < -0.4 is 5.32 Å². The molecule has 1 aromatic rings. The van der Waals surface area contributed by atoms with E-state index in [9.17, 15) is 9.90 Å². The van der Waals surface area contributed by atoms with Gasteiger partial charge in [-0.3, -0.25) is 0 Å². The monoisotopic (exact) mass is 297 g/mol. The van der Waals surface area contributed by atoms with Crippen molar-refractivity contribution in [3.05, 3.63) is 33.8 Å². The lowest BCUT2D eigenvalue weighted by molar-refractivity contribution is 0.0695. The topological polar surface area (TPSA) is 49.3 Å². The number of carboxylic acids is 1. The molecule has 1 saturated heterocycles. The third-order valence-electron chi connectivity index (χ3n) is 3.21. The number of carboxylic acid groups (broad SMARTS) is 1. The largest absolute Gasteiger partial charge is 0.478 e. The first-order chi connectivity index (χ1) is 8.16. The van der Waals surface area contributed by atoms with Gasteiger partial charge in [-0.25, -0.2) is 4.79 Å².